The van der Waals surface area contributed by atoms with Gasteiger partial charge in [-0.05, 0) is 12.5 Å². The van der Waals surface area contributed by atoms with Gasteiger partial charge >= 0.3 is 0 Å². The van der Waals surface area contributed by atoms with Gasteiger partial charge in [-0.15, -0.1) is 0 Å². The van der Waals surface area contributed by atoms with Crippen molar-refractivity contribution in [2.75, 3.05) is 26.1 Å². The quantitative estimate of drug-likeness (QED) is 0.802. The lowest BCUT2D eigenvalue weighted by Crippen LogP contribution is -2.32. The van der Waals surface area contributed by atoms with Gasteiger partial charge in [-0.3, -0.25) is 4.79 Å². The lowest BCUT2D eigenvalue weighted by Gasteiger charge is -2.16. The van der Waals surface area contributed by atoms with Crippen molar-refractivity contribution in [3.63, 3.8) is 0 Å². The molecule has 0 aliphatic heterocycles. The predicted octanol–water partition coefficient (Wildman–Crippen LogP) is 3.65. The number of carbonyl (C=O) groups excluding carboxylic acids is 1. The van der Waals surface area contributed by atoms with Crippen molar-refractivity contribution in [1.29, 1.82) is 0 Å². The number of methoxy groups -OCH3 is 2. The first-order valence-corrected chi connectivity index (χ1v) is 7.92. The second-order valence-corrected chi connectivity index (χ2v) is 5.65. The molecule has 6 heteroatoms. The van der Waals surface area contributed by atoms with Gasteiger partial charge in [0.25, 0.3) is 0 Å². The highest BCUT2D eigenvalue weighted by molar-refractivity contribution is 6.32. The van der Waals surface area contributed by atoms with Crippen LogP contribution in [-0.2, 0) is 4.79 Å². The summed E-state index contributed by atoms with van der Waals surface area (Å²) in [5.41, 5.74) is 1.69. The van der Waals surface area contributed by atoms with Gasteiger partial charge in [-0.25, -0.2) is 0 Å². The fourth-order valence-corrected chi connectivity index (χ4v) is 2.52. The normalized spacial score (nSPS) is 11.5. The van der Waals surface area contributed by atoms with Gasteiger partial charge in [0.2, 0.25) is 5.91 Å². The molecule has 0 spiro atoms. The van der Waals surface area contributed by atoms with Gasteiger partial charge < -0.3 is 20.1 Å². The second kappa shape index (κ2) is 8.45. The third kappa shape index (κ3) is 4.55. The summed E-state index contributed by atoms with van der Waals surface area (Å²) in [6, 6.07) is 13.1. The number of carbonyl (C=O) groups is 1. The number of hydrogen-bond donors (Lipinski definition) is 2. The summed E-state index contributed by atoms with van der Waals surface area (Å²) in [7, 11) is 3.08. The van der Waals surface area contributed by atoms with E-state index in [9.17, 15) is 4.79 Å². The third-order valence-corrected chi connectivity index (χ3v) is 3.89. The lowest BCUT2D eigenvalue weighted by atomic mass is 10.1. The molecule has 2 aromatic rings. The van der Waals surface area contributed by atoms with Crippen LogP contribution in [0.5, 0.6) is 11.5 Å². The van der Waals surface area contributed by atoms with E-state index in [0.717, 1.165) is 5.56 Å². The summed E-state index contributed by atoms with van der Waals surface area (Å²) in [6.45, 7) is 2.05. The molecule has 2 rings (SSSR count). The Labute approximate surface area is 146 Å². The summed E-state index contributed by atoms with van der Waals surface area (Å²) in [4.78, 5) is 12.1. The van der Waals surface area contributed by atoms with E-state index in [2.05, 4.69) is 10.6 Å². The molecule has 128 valence electrons. The number of nitrogens with one attached hydrogen (secondary N) is 2. The first kappa shape index (κ1) is 17.9. The fraction of sp³-hybridized carbons (Fsp3) is 0.278. The molecule has 0 bridgehead atoms. The summed E-state index contributed by atoms with van der Waals surface area (Å²) in [5, 5.41) is 6.44. The number of hydrogen-bond acceptors (Lipinski definition) is 4. The molecule has 1 amide bonds. The maximum atomic E-state index is 12.1. The molecule has 0 heterocycles. The number of amides is 1. The van der Waals surface area contributed by atoms with E-state index in [1.165, 1.54) is 7.11 Å². The molecular formula is C18H21ClN2O3. The zero-order valence-corrected chi connectivity index (χ0v) is 14.7. The molecule has 0 aromatic heterocycles. The maximum Gasteiger partial charge on any atom is 0.239 e. The largest absolute Gasteiger partial charge is 0.495 e. The Morgan fingerprint density at radius 2 is 1.79 bits per heavy atom. The lowest BCUT2D eigenvalue weighted by molar-refractivity contribution is -0.120. The van der Waals surface area contributed by atoms with Crippen molar-refractivity contribution in [3.8, 4) is 11.5 Å². The van der Waals surface area contributed by atoms with Crippen LogP contribution < -0.4 is 20.1 Å². The zero-order chi connectivity index (χ0) is 17.5. The summed E-state index contributed by atoms with van der Waals surface area (Å²) in [5.74, 6) is 0.935. The van der Waals surface area contributed by atoms with Crippen LogP contribution in [0.2, 0.25) is 5.02 Å². The van der Waals surface area contributed by atoms with Crippen molar-refractivity contribution in [3.05, 3.63) is 53.1 Å². The van der Waals surface area contributed by atoms with Crippen molar-refractivity contribution >= 4 is 23.2 Å². The number of rotatable bonds is 7. The summed E-state index contributed by atoms with van der Waals surface area (Å²) >= 11 is 6.07. The molecule has 1 atom stereocenters. The molecule has 2 N–H and O–H groups in total. The Morgan fingerprint density at radius 3 is 2.42 bits per heavy atom. The smallest absolute Gasteiger partial charge is 0.239 e. The molecule has 24 heavy (non-hydrogen) atoms. The highest BCUT2D eigenvalue weighted by Crippen LogP contribution is 2.35. The van der Waals surface area contributed by atoms with Crippen LogP contribution in [-0.4, -0.2) is 26.7 Å². The number of ether oxygens (including phenoxy) is 2. The molecule has 0 aliphatic rings. The molecule has 5 nitrogen and oxygen atoms in total. The van der Waals surface area contributed by atoms with Crippen molar-refractivity contribution in [1.82, 2.24) is 5.32 Å². The monoisotopic (exact) mass is 348 g/mol. The van der Waals surface area contributed by atoms with Crippen LogP contribution in [0.4, 0.5) is 5.69 Å². The van der Waals surface area contributed by atoms with Crippen LogP contribution in [0.25, 0.3) is 0 Å². The number of benzene rings is 2. The molecule has 2 aromatic carbocycles. The van der Waals surface area contributed by atoms with E-state index >= 15 is 0 Å². The Kier molecular flexibility index (Phi) is 6.32. The highest BCUT2D eigenvalue weighted by Gasteiger charge is 2.12. The van der Waals surface area contributed by atoms with E-state index in [1.807, 2.05) is 37.3 Å². The number of halogens is 1. The SMILES string of the molecule is COc1cc(NCC(=O)N[C@H](C)c2ccccc2)c(OC)cc1Cl. The average Bonchev–Trinajstić information content (AvgIpc) is 2.60. The van der Waals surface area contributed by atoms with Gasteiger partial charge in [0, 0.05) is 12.1 Å². The molecule has 0 radical (unpaired) electrons. The third-order valence-electron chi connectivity index (χ3n) is 3.59. The van der Waals surface area contributed by atoms with Gasteiger partial charge in [-0.2, -0.15) is 0 Å². The van der Waals surface area contributed by atoms with Gasteiger partial charge in [-0.1, -0.05) is 41.9 Å². The zero-order valence-electron chi connectivity index (χ0n) is 13.9. The van der Waals surface area contributed by atoms with Crippen LogP contribution in [0, 0.1) is 0 Å². The van der Waals surface area contributed by atoms with E-state index < -0.39 is 0 Å². The Morgan fingerprint density at radius 1 is 1.12 bits per heavy atom. The minimum absolute atomic E-state index is 0.0675. The molecule has 0 aliphatic carbocycles. The molecule has 0 saturated heterocycles. The number of anilines is 1. The van der Waals surface area contributed by atoms with E-state index in [0.29, 0.717) is 22.2 Å². The Balaban J connectivity index is 1.99. The van der Waals surface area contributed by atoms with Gasteiger partial charge in [0.05, 0.1) is 37.5 Å². The van der Waals surface area contributed by atoms with E-state index in [-0.39, 0.29) is 18.5 Å². The van der Waals surface area contributed by atoms with Crippen molar-refractivity contribution < 1.29 is 14.3 Å². The first-order valence-electron chi connectivity index (χ1n) is 7.55. The predicted molar refractivity (Wildman–Crippen MR) is 96.0 cm³/mol. The highest BCUT2D eigenvalue weighted by atomic mass is 35.5. The minimum atomic E-state index is -0.123. The average molecular weight is 349 g/mol. The Bertz CT molecular complexity index is 692. The maximum absolute atomic E-state index is 12.1. The molecule has 0 unspecified atom stereocenters. The topological polar surface area (TPSA) is 59.6 Å². The van der Waals surface area contributed by atoms with Crippen LogP contribution in [0.15, 0.2) is 42.5 Å². The molecular weight excluding hydrogens is 328 g/mol. The van der Waals surface area contributed by atoms with Crippen LogP contribution in [0.1, 0.15) is 18.5 Å². The van der Waals surface area contributed by atoms with Gasteiger partial charge in [0.1, 0.15) is 11.5 Å². The summed E-state index contributed by atoms with van der Waals surface area (Å²) in [6.07, 6.45) is 0. The van der Waals surface area contributed by atoms with E-state index in [1.54, 1.807) is 19.2 Å². The second-order valence-electron chi connectivity index (χ2n) is 5.24. The fourth-order valence-electron chi connectivity index (χ4n) is 2.29. The van der Waals surface area contributed by atoms with Crippen molar-refractivity contribution in [2.24, 2.45) is 0 Å². The van der Waals surface area contributed by atoms with Gasteiger partial charge in [0.15, 0.2) is 0 Å². The first-order chi connectivity index (χ1) is 11.5. The standard InChI is InChI=1S/C18H21ClN2O3/c1-12(13-7-5-4-6-8-13)21-18(22)11-20-15-10-16(23-2)14(19)9-17(15)24-3/h4-10,12,20H,11H2,1-3H3,(H,21,22)/t12-/m1/s1. The summed E-state index contributed by atoms with van der Waals surface area (Å²) < 4.78 is 10.5. The van der Waals surface area contributed by atoms with Crippen LogP contribution >= 0.6 is 11.6 Å². The minimum Gasteiger partial charge on any atom is -0.495 e. The Hall–Kier alpha value is -2.40. The van der Waals surface area contributed by atoms with Crippen LogP contribution in [0.3, 0.4) is 0 Å². The molecule has 0 fully saturated rings. The van der Waals surface area contributed by atoms with E-state index in [4.69, 9.17) is 21.1 Å². The van der Waals surface area contributed by atoms with Crippen molar-refractivity contribution in [2.45, 2.75) is 13.0 Å². The molecule has 0 saturated carbocycles.